The van der Waals surface area contributed by atoms with Crippen molar-refractivity contribution < 1.29 is 9.53 Å². The minimum atomic E-state index is -0.000430. The van der Waals surface area contributed by atoms with Crippen LogP contribution >= 0.6 is 0 Å². The summed E-state index contributed by atoms with van der Waals surface area (Å²) in [5, 5.41) is 2.85. The van der Waals surface area contributed by atoms with Gasteiger partial charge in [-0.1, -0.05) is 6.07 Å². The summed E-state index contributed by atoms with van der Waals surface area (Å²) in [6, 6.07) is 5.96. The van der Waals surface area contributed by atoms with Crippen LogP contribution in [0.4, 0.5) is 4.79 Å². The Labute approximate surface area is 119 Å². The summed E-state index contributed by atoms with van der Waals surface area (Å²) >= 11 is 0. The number of amides is 2. The number of nitrogens with one attached hydrogen (secondary N) is 1. The minimum Gasteiger partial charge on any atom is -0.383 e. The van der Waals surface area contributed by atoms with E-state index in [1.807, 2.05) is 29.3 Å². The van der Waals surface area contributed by atoms with Crippen LogP contribution in [-0.4, -0.2) is 67.3 Å². The maximum atomic E-state index is 11.9. The molecule has 1 N–H and O–H groups in total. The fourth-order valence-corrected chi connectivity index (χ4v) is 2.20. The van der Waals surface area contributed by atoms with Gasteiger partial charge in [0.2, 0.25) is 0 Å². The highest BCUT2D eigenvalue weighted by atomic mass is 16.5. The van der Waals surface area contributed by atoms with Gasteiger partial charge in [0.1, 0.15) is 0 Å². The minimum absolute atomic E-state index is 0.000430. The number of urea groups is 1. The van der Waals surface area contributed by atoms with Crippen molar-refractivity contribution in [3.63, 3.8) is 0 Å². The van der Waals surface area contributed by atoms with Crippen LogP contribution in [0.1, 0.15) is 5.69 Å². The fourth-order valence-electron chi connectivity index (χ4n) is 2.20. The molecule has 0 aromatic carbocycles. The number of hydrogen-bond donors (Lipinski definition) is 1. The second kappa shape index (κ2) is 7.81. The van der Waals surface area contributed by atoms with Gasteiger partial charge < -0.3 is 15.0 Å². The number of carbonyl (C=O) groups is 1. The lowest BCUT2D eigenvalue weighted by Gasteiger charge is -2.34. The van der Waals surface area contributed by atoms with E-state index in [0.29, 0.717) is 13.2 Å². The number of nitrogens with zero attached hydrogens (tertiary/aromatic N) is 3. The maximum absolute atomic E-state index is 11.9. The monoisotopic (exact) mass is 278 g/mol. The number of rotatable bonds is 5. The van der Waals surface area contributed by atoms with Crippen LogP contribution in [0.3, 0.4) is 0 Å². The van der Waals surface area contributed by atoms with Gasteiger partial charge in [0, 0.05) is 52.6 Å². The van der Waals surface area contributed by atoms with E-state index in [4.69, 9.17) is 4.74 Å². The molecule has 2 rings (SSSR count). The van der Waals surface area contributed by atoms with Gasteiger partial charge in [0.25, 0.3) is 0 Å². The van der Waals surface area contributed by atoms with Gasteiger partial charge >= 0.3 is 6.03 Å². The first-order valence-corrected chi connectivity index (χ1v) is 6.93. The maximum Gasteiger partial charge on any atom is 0.317 e. The second-order valence-corrected chi connectivity index (χ2v) is 4.81. The smallest absolute Gasteiger partial charge is 0.317 e. The van der Waals surface area contributed by atoms with Gasteiger partial charge in [-0.3, -0.25) is 9.88 Å². The van der Waals surface area contributed by atoms with E-state index in [1.54, 1.807) is 7.11 Å². The van der Waals surface area contributed by atoms with Crippen LogP contribution in [0.15, 0.2) is 24.4 Å². The Bertz CT molecular complexity index is 405. The number of hydrogen-bond acceptors (Lipinski definition) is 4. The molecule has 1 aliphatic rings. The number of piperazine rings is 1. The third kappa shape index (κ3) is 4.47. The van der Waals surface area contributed by atoms with Crippen molar-refractivity contribution in [2.75, 3.05) is 46.4 Å². The standard InChI is InChI=1S/C14H22N4O2/c1-20-11-6-16-14(19)18-9-7-17(8-10-18)12-13-4-2-3-5-15-13/h2-5H,6-12H2,1H3,(H,16,19). The van der Waals surface area contributed by atoms with E-state index >= 15 is 0 Å². The number of aromatic nitrogens is 1. The molecule has 1 saturated heterocycles. The van der Waals surface area contributed by atoms with Crippen LogP contribution < -0.4 is 5.32 Å². The van der Waals surface area contributed by atoms with Crippen molar-refractivity contribution in [3.8, 4) is 0 Å². The summed E-state index contributed by atoms with van der Waals surface area (Å²) in [5.41, 5.74) is 1.07. The largest absolute Gasteiger partial charge is 0.383 e. The first kappa shape index (κ1) is 14.7. The molecule has 2 amide bonds. The molecule has 0 radical (unpaired) electrons. The van der Waals surface area contributed by atoms with Crippen LogP contribution in [0.2, 0.25) is 0 Å². The summed E-state index contributed by atoms with van der Waals surface area (Å²) in [4.78, 5) is 20.4. The lowest BCUT2D eigenvalue weighted by molar-refractivity contribution is 0.131. The van der Waals surface area contributed by atoms with E-state index in [9.17, 15) is 4.79 Å². The summed E-state index contributed by atoms with van der Waals surface area (Å²) < 4.78 is 4.91. The molecule has 0 unspecified atom stereocenters. The molecular formula is C14H22N4O2. The van der Waals surface area contributed by atoms with Gasteiger partial charge in [-0.2, -0.15) is 0 Å². The van der Waals surface area contributed by atoms with Gasteiger partial charge in [-0.05, 0) is 12.1 Å². The molecule has 1 aromatic heterocycles. The van der Waals surface area contributed by atoms with Crippen LogP contribution in [0, 0.1) is 0 Å². The Morgan fingerprint density at radius 3 is 2.80 bits per heavy atom. The summed E-state index contributed by atoms with van der Waals surface area (Å²) in [7, 11) is 1.63. The Morgan fingerprint density at radius 2 is 2.15 bits per heavy atom. The van der Waals surface area contributed by atoms with Gasteiger partial charge in [-0.15, -0.1) is 0 Å². The molecule has 2 heterocycles. The number of ether oxygens (including phenoxy) is 1. The zero-order valence-corrected chi connectivity index (χ0v) is 11.9. The van der Waals surface area contributed by atoms with Gasteiger partial charge in [-0.25, -0.2) is 4.79 Å². The van der Waals surface area contributed by atoms with Gasteiger partial charge in [0.05, 0.1) is 12.3 Å². The van der Waals surface area contributed by atoms with Crippen molar-refractivity contribution in [1.82, 2.24) is 20.1 Å². The normalized spacial score (nSPS) is 16.1. The van der Waals surface area contributed by atoms with E-state index in [2.05, 4.69) is 15.2 Å². The number of carbonyl (C=O) groups excluding carboxylic acids is 1. The molecule has 6 nitrogen and oxygen atoms in total. The predicted molar refractivity (Wildman–Crippen MR) is 76.4 cm³/mol. The molecule has 0 aliphatic carbocycles. The lowest BCUT2D eigenvalue weighted by Crippen LogP contribution is -2.51. The molecule has 1 aliphatic heterocycles. The molecular weight excluding hydrogens is 256 g/mol. The molecule has 1 aromatic rings. The van der Waals surface area contributed by atoms with E-state index in [-0.39, 0.29) is 6.03 Å². The first-order chi connectivity index (χ1) is 9.79. The molecule has 0 spiro atoms. The van der Waals surface area contributed by atoms with E-state index in [1.165, 1.54) is 0 Å². The van der Waals surface area contributed by atoms with Crippen molar-refractivity contribution in [3.05, 3.63) is 30.1 Å². The molecule has 0 bridgehead atoms. The van der Waals surface area contributed by atoms with Crippen molar-refractivity contribution in [1.29, 1.82) is 0 Å². The average molecular weight is 278 g/mol. The molecule has 20 heavy (non-hydrogen) atoms. The van der Waals surface area contributed by atoms with Crippen molar-refractivity contribution in [2.45, 2.75) is 6.54 Å². The second-order valence-electron chi connectivity index (χ2n) is 4.81. The average Bonchev–Trinajstić information content (AvgIpc) is 2.49. The van der Waals surface area contributed by atoms with Crippen LogP contribution in [-0.2, 0) is 11.3 Å². The van der Waals surface area contributed by atoms with Gasteiger partial charge in [0.15, 0.2) is 0 Å². The molecule has 0 saturated carbocycles. The quantitative estimate of drug-likeness (QED) is 0.799. The highest BCUT2D eigenvalue weighted by molar-refractivity contribution is 5.74. The van der Waals surface area contributed by atoms with Crippen LogP contribution in [0.25, 0.3) is 0 Å². The molecule has 6 heteroatoms. The molecule has 110 valence electrons. The van der Waals surface area contributed by atoms with E-state index < -0.39 is 0 Å². The summed E-state index contributed by atoms with van der Waals surface area (Å²) in [6.07, 6.45) is 1.81. The molecule has 0 atom stereocenters. The highest BCUT2D eigenvalue weighted by Crippen LogP contribution is 2.06. The fraction of sp³-hybridized carbons (Fsp3) is 0.571. The van der Waals surface area contributed by atoms with Crippen molar-refractivity contribution in [2.24, 2.45) is 0 Å². The third-order valence-electron chi connectivity index (χ3n) is 3.35. The topological polar surface area (TPSA) is 57.7 Å². The van der Waals surface area contributed by atoms with Crippen molar-refractivity contribution >= 4 is 6.03 Å². The lowest BCUT2D eigenvalue weighted by atomic mass is 10.3. The third-order valence-corrected chi connectivity index (χ3v) is 3.35. The zero-order chi connectivity index (χ0) is 14.2. The number of pyridine rings is 1. The highest BCUT2D eigenvalue weighted by Gasteiger charge is 2.20. The Kier molecular flexibility index (Phi) is 5.76. The Morgan fingerprint density at radius 1 is 1.35 bits per heavy atom. The summed E-state index contributed by atoms with van der Waals surface area (Å²) in [5.74, 6) is 0. The predicted octanol–water partition coefficient (Wildman–Crippen LogP) is 0.555. The zero-order valence-electron chi connectivity index (χ0n) is 11.9. The SMILES string of the molecule is COCCNC(=O)N1CCN(Cc2ccccn2)CC1. The van der Waals surface area contributed by atoms with Crippen LogP contribution in [0.5, 0.6) is 0 Å². The Hall–Kier alpha value is -1.66. The molecule has 1 fully saturated rings. The number of methoxy groups -OCH3 is 1. The van der Waals surface area contributed by atoms with E-state index in [0.717, 1.165) is 38.4 Å². The summed E-state index contributed by atoms with van der Waals surface area (Å²) in [6.45, 7) is 5.23. The first-order valence-electron chi connectivity index (χ1n) is 6.93. The Balaban J connectivity index is 1.71.